The number of carbonyl (C=O) groups excluding carboxylic acids is 3. The molecule has 3 aromatic heterocycles. The Morgan fingerprint density at radius 3 is 1.33 bits per heavy atom. The van der Waals surface area contributed by atoms with Crippen molar-refractivity contribution in [3.8, 4) is 40.5 Å². The van der Waals surface area contributed by atoms with Crippen LogP contribution in [0.15, 0.2) is 148 Å². The first-order valence-corrected chi connectivity index (χ1v) is 31.3. The molecule has 4 amide bonds. The molecule has 25 nitrogen and oxygen atoms in total. The molecule has 100 heavy (non-hydrogen) atoms. The molecule has 0 spiro atoms. The van der Waals surface area contributed by atoms with Crippen molar-refractivity contribution in [2.75, 3.05) is 132 Å². The Kier molecular flexibility index (Phi) is 30.3. The fourth-order valence-electron chi connectivity index (χ4n) is 9.66. The summed E-state index contributed by atoms with van der Waals surface area (Å²) in [5.41, 5.74) is 4.44. The van der Waals surface area contributed by atoms with Crippen LogP contribution in [0.4, 0.5) is 36.8 Å². The standard InChI is InChI=1S/C69H74F6N12O13/c1-47-57(61(17-19-76)84-53-13-9-49(45-77)10-14-53)43-59(65(90)85(47)55-7-3-5-51(41-55)68(70,71)72)63(88)79-21-25-93-29-33-97-37-39-99-35-31-95-27-23-81-67(92)82-24-28-96-32-36-100-40-38-98-34-30-94-26-22-80-64(89)60-44-58(62-18-20-83-87(62)54-15-11-50(46-78)12-16-54)48(2)86(66(60)91)56-8-4-6-52(42-56)69(73,74)75/h3-20,41-44H,21-40,76H2,1-2H3,(H,79,88)(H,80,89)(H2,81,82,92). The molecule has 6 N–H and O–H groups in total. The monoisotopic (exact) mass is 1390 g/mol. The van der Waals surface area contributed by atoms with E-state index in [0.717, 1.165) is 39.5 Å². The number of aromatic nitrogens is 4. The van der Waals surface area contributed by atoms with Crippen molar-refractivity contribution < 1.29 is 78.6 Å². The Morgan fingerprint density at radius 2 is 0.910 bits per heavy atom. The number of urea groups is 1. The molecule has 530 valence electrons. The maximum absolute atomic E-state index is 14.0. The van der Waals surface area contributed by atoms with Gasteiger partial charge >= 0.3 is 18.4 Å². The maximum Gasteiger partial charge on any atom is 0.416 e. The number of alkyl halides is 6. The van der Waals surface area contributed by atoms with E-state index in [1.165, 1.54) is 60.4 Å². The predicted octanol–water partition coefficient (Wildman–Crippen LogP) is 7.42. The van der Waals surface area contributed by atoms with Gasteiger partial charge in [-0.1, -0.05) is 12.1 Å². The number of ether oxygens (including phenoxy) is 8. The van der Waals surface area contributed by atoms with E-state index in [4.69, 9.17) is 43.6 Å². The largest absolute Gasteiger partial charge is 0.416 e. The van der Waals surface area contributed by atoms with Crippen molar-refractivity contribution in [2.45, 2.75) is 26.2 Å². The molecule has 0 bridgehead atoms. The predicted molar refractivity (Wildman–Crippen MR) is 354 cm³/mol. The third kappa shape index (κ3) is 23.1. The van der Waals surface area contributed by atoms with E-state index in [2.05, 4.69) is 31.4 Å². The third-order valence-corrected chi connectivity index (χ3v) is 14.5. The average molecular weight is 1390 g/mol. The number of halogens is 6. The number of carbonyl (C=O) groups is 3. The van der Waals surface area contributed by atoms with E-state index in [0.29, 0.717) is 33.8 Å². The quantitative estimate of drug-likeness (QED) is 0.0142. The molecule has 0 saturated heterocycles. The minimum Gasteiger partial charge on any atom is -0.405 e. The summed E-state index contributed by atoms with van der Waals surface area (Å²) in [4.78, 5) is 71.8. The van der Waals surface area contributed by atoms with Crippen molar-refractivity contribution >= 4 is 29.2 Å². The van der Waals surface area contributed by atoms with Crippen molar-refractivity contribution in [2.24, 2.45) is 10.7 Å². The van der Waals surface area contributed by atoms with Crippen LogP contribution in [0.1, 0.15) is 59.9 Å². The molecule has 0 atom stereocenters. The highest BCUT2D eigenvalue weighted by Crippen LogP contribution is 2.33. The highest BCUT2D eigenvalue weighted by molar-refractivity contribution is 6.11. The Bertz CT molecular complexity index is 4130. The lowest BCUT2D eigenvalue weighted by atomic mass is 10.0. The van der Waals surface area contributed by atoms with Crippen LogP contribution in [0.2, 0.25) is 0 Å². The van der Waals surface area contributed by atoms with Crippen LogP contribution in [-0.2, 0) is 50.2 Å². The first kappa shape index (κ1) is 77.0. The molecule has 31 heteroatoms. The number of nitriles is 2. The molecule has 7 rings (SSSR count). The van der Waals surface area contributed by atoms with E-state index < -0.39 is 52.4 Å². The number of amides is 4. The number of nitrogens with one attached hydrogen (secondary N) is 4. The fourth-order valence-corrected chi connectivity index (χ4v) is 9.66. The first-order chi connectivity index (χ1) is 48.2. The van der Waals surface area contributed by atoms with Gasteiger partial charge in [-0.2, -0.15) is 42.0 Å². The van der Waals surface area contributed by atoms with Gasteiger partial charge in [0.05, 0.1) is 169 Å². The summed E-state index contributed by atoms with van der Waals surface area (Å²) in [7, 11) is 0. The molecule has 0 aliphatic heterocycles. The van der Waals surface area contributed by atoms with Gasteiger partial charge in [0.2, 0.25) is 0 Å². The number of nitrogens with two attached hydrogens (primary N) is 1. The van der Waals surface area contributed by atoms with Gasteiger partial charge in [0.1, 0.15) is 11.1 Å². The summed E-state index contributed by atoms with van der Waals surface area (Å²) in [5.74, 6) is -1.59. The number of benzene rings is 4. The minimum atomic E-state index is -4.72. The second-order valence-electron chi connectivity index (χ2n) is 21.4. The van der Waals surface area contributed by atoms with Gasteiger partial charge in [-0.15, -0.1) is 0 Å². The summed E-state index contributed by atoms with van der Waals surface area (Å²) in [6.45, 7) is 7.02. The van der Waals surface area contributed by atoms with Crippen molar-refractivity contribution in [1.82, 2.24) is 40.2 Å². The Labute approximate surface area is 570 Å². The molecule has 0 fully saturated rings. The highest BCUT2D eigenvalue weighted by atomic mass is 19.4. The average Bonchev–Trinajstić information content (AvgIpc) is 1.10. The normalized spacial score (nSPS) is 11.8. The van der Waals surface area contributed by atoms with Crippen LogP contribution in [0, 0.1) is 36.5 Å². The number of hydrogen-bond donors (Lipinski definition) is 5. The number of pyridine rings is 2. The molecule has 0 aliphatic carbocycles. The van der Waals surface area contributed by atoms with Crippen LogP contribution >= 0.6 is 0 Å². The van der Waals surface area contributed by atoms with E-state index >= 15 is 0 Å². The minimum absolute atomic E-state index is 0.00741. The van der Waals surface area contributed by atoms with Crippen LogP contribution < -0.4 is 38.1 Å². The van der Waals surface area contributed by atoms with Gasteiger partial charge in [-0.05, 0) is 129 Å². The van der Waals surface area contributed by atoms with Crippen LogP contribution in [-0.4, -0.2) is 174 Å². The van der Waals surface area contributed by atoms with E-state index in [1.54, 1.807) is 61.5 Å². The lowest BCUT2D eigenvalue weighted by Crippen LogP contribution is -2.39. The van der Waals surface area contributed by atoms with Gasteiger partial charge in [0.15, 0.2) is 0 Å². The van der Waals surface area contributed by atoms with Crippen molar-refractivity contribution in [3.05, 3.63) is 205 Å². The van der Waals surface area contributed by atoms with Gasteiger partial charge in [0.25, 0.3) is 22.9 Å². The number of nitrogens with zero attached hydrogens (tertiary/aromatic N) is 7. The molecular weight excluding hydrogens is 1320 g/mol. The third-order valence-electron chi connectivity index (χ3n) is 14.5. The number of rotatable bonds is 39. The second kappa shape index (κ2) is 39.3. The zero-order valence-corrected chi connectivity index (χ0v) is 54.6. The zero-order chi connectivity index (χ0) is 71.9. The molecule has 0 radical (unpaired) electrons. The molecular formula is C69H74F6N12O13. The molecule has 0 aliphatic rings. The van der Waals surface area contributed by atoms with Crippen LogP contribution in [0.3, 0.4) is 0 Å². The van der Waals surface area contributed by atoms with E-state index in [1.807, 2.05) is 12.1 Å². The number of aliphatic imine (C=N–C) groups is 1. The molecule has 4 aromatic carbocycles. The summed E-state index contributed by atoms with van der Waals surface area (Å²) in [6.07, 6.45) is -5.32. The lowest BCUT2D eigenvalue weighted by Gasteiger charge is -2.19. The first-order valence-electron chi connectivity index (χ1n) is 31.3. The number of allylic oxidation sites excluding steroid dienone is 1. The molecule has 3 heterocycles. The van der Waals surface area contributed by atoms with E-state index in [9.17, 15) is 60.8 Å². The van der Waals surface area contributed by atoms with Crippen LogP contribution in [0.5, 0.6) is 0 Å². The second-order valence-corrected chi connectivity index (χ2v) is 21.4. The SMILES string of the molecule is Cc1c(C(C=CN)=Nc2ccc(C#N)cc2)cc(C(=O)NCCOCCOCCOCCOCCNC(=O)NCCOCCOCCOCCOCCNC(=O)c2cc(-c3ccnn3-c3ccc(C#N)cc3)c(C)n(-c3cccc(C(F)(F)F)c3)c2=O)c(=O)n1-c1cccc(C(F)(F)F)c1. The van der Waals surface area contributed by atoms with Crippen molar-refractivity contribution in [3.63, 3.8) is 0 Å². The zero-order valence-electron chi connectivity index (χ0n) is 54.6. The Morgan fingerprint density at radius 1 is 0.510 bits per heavy atom. The van der Waals surface area contributed by atoms with Gasteiger partial charge in [-0.3, -0.25) is 28.3 Å². The Balaban J connectivity index is 0.678. The van der Waals surface area contributed by atoms with Gasteiger partial charge < -0.3 is 64.9 Å². The maximum atomic E-state index is 14.0. The van der Waals surface area contributed by atoms with E-state index in [-0.39, 0.29) is 177 Å². The summed E-state index contributed by atoms with van der Waals surface area (Å²) < 4.78 is 131. The van der Waals surface area contributed by atoms with Gasteiger partial charge in [-0.25, -0.2) is 14.5 Å². The fraction of sp³-hybridized carbons (Fsp3) is 0.348. The summed E-state index contributed by atoms with van der Waals surface area (Å²) >= 11 is 0. The van der Waals surface area contributed by atoms with Crippen LogP contribution in [0.25, 0.3) is 28.3 Å². The topological polar surface area (TPSA) is 321 Å². The summed E-state index contributed by atoms with van der Waals surface area (Å²) in [5, 5.41) is 33.5. The smallest absolute Gasteiger partial charge is 0.405 e. The lowest BCUT2D eigenvalue weighted by molar-refractivity contribution is -0.138. The molecule has 7 aromatic rings. The van der Waals surface area contributed by atoms with Crippen molar-refractivity contribution in [1.29, 1.82) is 10.5 Å². The highest BCUT2D eigenvalue weighted by Gasteiger charge is 2.33. The number of hydrogen-bond acceptors (Lipinski definition) is 18. The van der Waals surface area contributed by atoms with Gasteiger partial charge in [0, 0.05) is 60.1 Å². The molecule has 0 saturated carbocycles. The summed E-state index contributed by atoms with van der Waals surface area (Å²) in [6, 6.07) is 29.1. The molecule has 0 unspecified atom stereocenters. The Hall–Kier alpha value is -10.4.